The largest absolute Gasteiger partial charge is 0.358 e. The van der Waals surface area contributed by atoms with Gasteiger partial charge in [0.2, 0.25) is 0 Å². The fourth-order valence-electron chi connectivity index (χ4n) is 2.88. The summed E-state index contributed by atoms with van der Waals surface area (Å²) in [6, 6.07) is 4.86. The first-order valence-corrected chi connectivity index (χ1v) is 7.97. The number of pyridine rings is 1. The number of aromatic nitrogens is 1. The number of likely N-dealkylation sites (tertiary alicyclic amines) is 1. The summed E-state index contributed by atoms with van der Waals surface area (Å²) >= 11 is 0. The van der Waals surface area contributed by atoms with E-state index in [2.05, 4.69) is 61.0 Å². The molecule has 2 heterocycles. The van der Waals surface area contributed by atoms with Crippen LogP contribution in [0, 0.1) is 0 Å². The highest BCUT2D eigenvalue weighted by Crippen LogP contribution is 2.21. The van der Waals surface area contributed by atoms with E-state index >= 15 is 0 Å². The van der Waals surface area contributed by atoms with Crippen molar-refractivity contribution in [3.05, 3.63) is 23.9 Å². The fraction of sp³-hybridized carbons (Fsp3) is 0.706. The lowest BCUT2D eigenvalue weighted by Gasteiger charge is -2.28. The van der Waals surface area contributed by atoms with Crippen LogP contribution in [0.3, 0.4) is 0 Å². The van der Waals surface area contributed by atoms with Crippen LogP contribution in [0.2, 0.25) is 0 Å². The summed E-state index contributed by atoms with van der Waals surface area (Å²) in [6.45, 7) is 9.72. The summed E-state index contributed by atoms with van der Waals surface area (Å²) in [6.07, 6.45) is 4.50. The third-order valence-electron chi connectivity index (χ3n) is 4.19. The topological polar surface area (TPSA) is 31.4 Å². The minimum absolute atomic E-state index is 0.122. The van der Waals surface area contributed by atoms with Crippen LogP contribution in [0.5, 0.6) is 0 Å². The molecule has 0 saturated carbocycles. The molecule has 1 aliphatic rings. The molecule has 0 radical (unpaired) electrons. The van der Waals surface area contributed by atoms with E-state index in [1.807, 2.05) is 12.3 Å². The lowest BCUT2D eigenvalue weighted by atomic mass is 10.1. The zero-order valence-corrected chi connectivity index (χ0v) is 14.2. The van der Waals surface area contributed by atoms with Crippen LogP contribution in [-0.4, -0.2) is 48.6 Å². The number of hydrogen-bond donors (Lipinski definition) is 1. The Hall–Kier alpha value is -1.13. The first-order chi connectivity index (χ1) is 9.87. The van der Waals surface area contributed by atoms with Crippen molar-refractivity contribution in [1.82, 2.24) is 15.2 Å². The molecule has 0 amide bonds. The molecule has 2 rings (SSSR count). The zero-order valence-electron chi connectivity index (χ0n) is 14.2. The summed E-state index contributed by atoms with van der Waals surface area (Å²) in [5, 5.41) is 3.56. The van der Waals surface area contributed by atoms with Crippen LogP contribution in [0.1, 0.15) is 39.2 Å². The van der Waals surface area contributed by atoms with Crippen LogP contribution in [0.4, 0.5) is 5.82 Å². The van der Waals surface area contributed by atoms with Gasteiger partial charge in [0.05, 0.1) is 0 Å². The van der Waals surface area contributed by atoms with Crippen molar-refractivity contribution < 1.29 is 0 Å². The standard InChI is InChI=1S/C17H30N4/c1-17(2,3)19-12-14-8-6-10-18-16(14)21(5)13-15-9-7-11-20(15)4/h6,8,10,15,19H,7,9,11-13H2,1-5H3. The zero-order chi connectivity index (χ0) is 15.5. The average molecular weight is 290 g/mol. The van der Waals surface area contributed by atoms with E-state index in [0.29, 0.717) is 6.04 Å². The van der Waals surface area contributed by atoms with Crippen LogP contribution < -0.4 is 10.2 Å². The molecule has 1 aromatic heterocycles. The van der Waals surface area contributed by atoms with E-state index in [1.54, 1.807) is 0 Å². The van der Waals surface area contributed by atoms with Crippen LogP contribution in [0.25, 0.3) is 0 Å². The first kappa shape index (κ1) is 16.2. The van der Waals surface area contributed by atoms with E-state index in [-0.39, 0.29) is 5.54 Å². The molecule has 21 heavy (non-hydrogen) atoms. The number of anilines is 1. The SMILES string of the molecule is CN(CC1CCCN1C)c1ncccc1CNC(C)(C)C. The molecule has 0 spiro atoms. The molecule has 0 bridgehead atoms. The Morgan fingerprint density at radius 3 is 2.81 bits per heavy atom. The maximum Gasteiger partial charge on any atom is 0.132 e. The van der Waals surface area contributed by atoms with Gasteiger partial charge in [0, 0.05) is 43.5 Å². The molecule has 1 atom stereocenters. The minimum Gasteiger partial charge on any atom is -0.358 e. The Labute approximate surface area is 129 Å². The Morgan fingerprint density at radius 1 is 1.43 bits per heavy atom. The van der Waals surface area contributed by atoms with Gasteiger partial charge in [-0.15, -0.1) is 0 Å². The van der Waals surface area contributed by atoms with Crippen molar-refractivity contribution in [2.75, 3.05) is 32.1 Å². The van der Waals surface area contributed by atoms with Crippen molar-refractivity contribution in [3.8, 4) is 0 Å². The molecule has 4 heteroatoms. The number of nitrogens with zero attached hydrogens (tertiary/aromatic N) is 3. The van der Waals surface area contributed by atoms with E-state index in [4.69, 9.17) is 0 Å². The number of hydrogen-bond acceptors (Lipinski definition) is 4. The van der Waals surface area contributed by atoms with Crippen molar-refractivity contribution in [2.24, 2.45) is 0 Å². The molecule has 1 unspecified atom stereocenters. The smallest absolute Gasteiger partial charge is 0.132 e. The normalized spacial score (nSPS) is 20.0. The fourth-order valence-corrected chi connectivity index (χ4v) is 2.88. The van der Waals surface area contributed by atoms with Gasteiger partial charge in [0.25, 0.3) is 0 Å². The van der Waals surface area contributed by atoms with E-state index in [0.717, 1.165) is 18.9 Å². The molecule has 1 N–H and O–H groups in total. The van der Waals surface area contributed by atoms with Gasteiger partial charge in [-0.25, -0.2) is 4.98 Å². The second-order valence-corrected chi connectivity index (χ2v) is 7.25. The molecule has 4 nitrogen and oxygen atoms in total. The van der Waals surface area contributed by atoms with Gasteiger partial charge in [-0.1, -0.05) is 6.07 Å². The molecule has 0 aliphatic carbocycles. The summed E-state index contributed by atoms with van der Waals surface area (Å²) in [5.41, 5.74) is 1.40. The van der Waals surface area contributed by atoms with Gasteiger partial charge in [0.15, 0.2) is 0 Å². The second kappa shape index (κ2) is 6.75. The molecule has 0 aromatic carbocycles. The summed E-state index contributed by atoms with van der Waals surface area (Å²) in [7, 11) is 4.39. The molecule has 1 aromatic rings. The molecule has 1 saturated heterocycles. The van der Waals surface area contributed by atoms with Crippen LogP contribution >= 0.6 is 0 Å². The second-order valence-electron chi connectivity index (χ2n) is 7.25. The minimum atomic E-state index is 0.122. The van der Waals surface area contributed by atoms with Crippen molar-refractivity contribution >= 4 is 5.82 Å². The third-order valence-corrected chi connectivity index (χ3v) is 4.19. The van der Waals surface area contributed by atoms with E-state index in [9.17, 15) is 0 Å². The Balaban J connectivity index is 2.04. The van der Waals surface area contributed by atoms with Gasteiger partial charge >= 0.3 is 0 Å². The van der Waals surface area contributed by atoms with Gasteiger partial charge in [0.1, 0.15) is 5.82 Å². The third kappa shape index (κ3) is 4.68. The predicted octanol–water partition coefficient (Wildman–Crippen LogP) is 2.50. The van der Waals surface area contributed by atoms with Crippen LogP contribution in [-0.2, 0) is 6.54 Å². The van der Waals surface area contributed by atoms with Crippen molar-refractivity contribution in [3.63, 3.8) is 0 Å². The lowest BCUT2D eigenvalue weighted by molar-refractivity contribution is 0.313. The molecule has 118 valence electrons. The number of likely N-dealkylation sites (N-methyl/N-ethyl adjacent to an activating group) is 2. The van der Waals surface area contributed by atoms with Gasteiger partial charge < -0.3 is 15.1 Å². The maximum atomic E-state index is 4.61. The lowest BCUT2D eigenvalue weighted by Crippen LogP contribution is -2.38. The molecule has 1 aliphatic heterocycles. The molecule has 1 fully saturated rings. The van der Waals surface area contributed by atoms with Gasteiger partial charge in [-0.3, -0.25) is 0 Å². The summed E-state index contributed by atoms with van der Waals surface area (Å²) in [5.74, 6) is 1.11. The Bertz CT molecular complexity index is 452. The average Bonchev–Trinajstić information content (AvgIpc) is 2.81. The van der Waals surface area contributed by atoms with Crippen molar-refractivity contribution in [2.45, 2.75) is 51.7 Å². The predicted molar refractivity (Wildman–Crippen MR) is 89.8 cm³/mol. The first-order valence-electron chi connectivity index (χ1n) is 7.97. The van der Waals surface area contributed by atoms with E-state index < -0.39 is 0 Å². The Kier molecular flexibility index (Phi) is 5.22. The highest BCUT2D eigenvalue weighted by molar-refractivity contribution is 5.46. The number of rotatable bonds is 5. The monoisotopic (exact) mass is 290 g/mol. The highest BCUT2D eigenvalue weighted by Gasteiger charge is 2.23. The highest BCUT2D eigenvalue weighted by atomic mass is 15.2. The van der Waals surface area contributed by atoms with Crippen molar-refractivity contribution in [1.29, 1.82) is 0 Å². The maximum absolute atomic E-state index is 4.61. The molecular formula is C17H30N4. The van der Waals surface area contributed by atoms with Crippen LogP contribution in [0.15, 0.2) is 18.3 Å². The Morgan fingerprint density at radius 2 is 2.19 bits per heavy atom. The molecular weight excluding hydrogens is 260 g/mol. The van der Waals surface area contributed by atoms with E-state index in [1.165, 1.54) is 24.9 Å². The summed E-state index contributed by atoms with van der Waals surface area (Å²) in [4.78, 5) is 9.39. The van der Waals surface area contributed by atoms with Gasteiger partial charge in [-0.2, -0.15) is 0 Å². The van der Waals surface area contributed by atoms with Gasteiger partial charge in [-0.05, 0) is 53.3 Å². The number of nitrogens with one attached hydrogen (secondary N) is 1. The summed E-state index contributed by atoms with van der Waals surface area (Å²) < 4.78 is 0. The quantitative estimate of drug-likeness (QED) is 0.903.